The summed E-state index contributed by atoms with van der Waals surface area (Å²) in [7, 11) is 0. The maximum atomic E-state index is 13.0. The lowest BCUT2D eigenvalue weighted by molar-refractivity contribution is -0.125. The number of carbonyl (C=O) groups is 2. The topological polar surface area (TPSA) is 96.0 Å². The maximum Gasteiger partial charge on any atom is 0.283 e. The third-order valence-corrected chi connectivity index (χ3v) is 5.57. The lowest BCUT2D eigenvalue weighted by Gasteiger charge is -2.17. The molecular formula is C27H26N4O3. The Kier molecular flexibility index (Phi) is 7.13. The Labute approximate surface area is 197 Å². The molecule has 34 heavy (non-hydrogen) atoms. The van der Waals surface area contributed by atoms with Crippen LogP contribution in [-0.4, -0.2) is 28.0 Å². The van der Waals surface area contributed by atoms with Gasteiger partial charge in [-0.25, -0.2) is 0 Å². The quantitative estimate of drug-likeness (QED) is 0.353. The molecule has 172 valence electrons. The Bertz CT molecular complexity index is 1270. The SMILES string of the molecule is CCCn1c(O)c(N=NC(=O)CNC(=O)C(c2ccccc2)c2ccccc2)c2ccccc21. The first-order chi connectivity index (χ1) is 16.6. The fourth-order valence-corrected chi connectivity index (χ4v) is 4.01. The summed E-state index contributed by atoms with van der Waals surface area (Å²) >= 11 is 0. The average Bonchev–Trinajstić information content (AvgIpc) is 3.14. The molecule has 0 unspecified atom stereocenters. The molecule has 1 aromatic heterocycles. The van der Waals surface area contributed by atoms with E-state index in [0.717, 1.165) is 23.1 Å². The summed E-state index contributed by atoms with van der Waals surface area (Å²) in [4.78, 5) is 25.5. The van der Waals surface area contributed by atoms with E-state index in [9.17, 15) is 14.7 Å². The number of aromatic nitrogens is 1. The van der Waals surface area contributed by atoms with Crippen molar-refractivity contribution in [3.05, 3.63) is 96.1 Å². The van der Waals surface area contributed by atoms with Crippen molar-refractivity contribution >= 4 is 28.4 Å². The Morgan fingerprint density at radius 2 is 1.50 bits per heavy atom. The van der Waals surface area contributed by atoms with Gasteiger partial charge in [0, 0.05) is 11.9 Å². The summed E-state index contributed by atoms with van der Waals surface area (Å²) in [5.74, 6) is -1.50. The zero-order chi connectivity index (χ0) is 23.9. The number of nitrogens with zero attached hydrogens (tertiary/aromatic N) is 3. The molecule has 0 bridgehead atoms. The highest BCUT2D eigenvalue weighted by atomic mass is 16.3. The van der Waals surface area contributed by atoms with Gasteiger partial charge >= 0.3 is 0 Å². The van der Waals surface area contributed by atoms with Gasteiger partial charge < -0.3 is 15.0 Å². The first kappa shape index (κ1) is 22.9. The van der Waals surface area contributed by atoms with E-state index >= 15 is 0 Å². The second-order valence-electron chi connectivity index (χ2n) is 7.91. The Balaban J connectivity index is 1.50. The molecule has 0 radical (unpaired) electrons. The predicted octanol–water partition coefficient (Wildman–Crippen LogP) is 5.32. The summed E-state index contributed by atoms with van der Waals surface area (Å²) in [6, 6.07) is 26.2. The highest BCUT2D eigenvalue weighted by Crippen LogP contribution is 2.38. The number of fused-ring (bicyclic) bond motifs is 1. The highest BCUT2D eigenvalue weighted by Gasteiger charge is 2.23. The van der Waals surface area contributed by atoms with Gasteiger partial charge in [-0.15, -0.1) is 10.2 Å². The van der Waals surface area contributed by atoms with Crippen molar-refractivity contribution in [2.75, 3.05) is 6.54 Å². The second kappa shape index (κ2) is 10.6. The summed E-state index contributed by atoms with van der Waals surface area (Å²) in [6.45, 7) is 2.33. The first-order valence-corrected chi connectivity index (χ1v) is 11.2. The molecular weight excluding hydrogens is 428 g/mol. The van der Waals surface area contributed by atoms with Crippen LogP contribution in [0.25, 0.3) is 10.9 Å². The molecule has 4 rings (SSSR count). The first-order valence-electron chi connectivity index (χ1n) is 11.2. The lowest BCUT2D eigenvalue weighted by atomic mass is 9.90. The number of rotatable bonds is 8. The van der Waals surface area contributed by atoms with Gasteiger partial charge in [-0.05, 0) is 23.6 Å². The monoisotopic (exact) mass is 454 g/mol. The van der Waals surface area contributed by atoms with Gasteiger partial charge in [-0.1, -0.05) is 85.8 Å². The number of aryl methyl sites for hydroxylation is 1. The van der Waals surface area contributed by atoms with Crippen molar-refractivity contribution in [2.24, 2.45) is 10.2 Å². The van der Waals surface area contributed by atoms with Crippen LogP contribution in [-0.2, 0) is 16.1 Å². The minimum atomic E-state index is -0.611. The molecule has 0 aliphatic carbocycles. The number of azo groups is 1. The molecule has 3 aromatic carbocycles. The number of para-hydroxylation sites is 1. The number of nitrogens with one attached hydrogen (secondary N) is 1. The van der Waals surface area contributed by atoms with Crippen LogP contribution >= 0.6 is 0 Å². The van der Waals surface area contributed by atoms with Gasteiger partial charge in [-0.3, -0.25) is 9.59 Å². The molecule has 0 fully saturated rings. The number of hydrogen-bond acceptors (Lipinski definition) is 4. The molecule has 0 spiro atoms. The van der Waals surface area contributed by atoms with Crippen LogP contribution in [0.5, 0.6) is 5.88 Å². The number of hydrogen-bond donors (Lipinski definition) is 2. The summed E-state index contributed by atoms with van der Waals surface area (Å²) in [5.41, 5.74) is 2.73. The Hall–Kier alpha value is -4.26. The second-order valence-corrected chi connectivity index (χ2v) is 7.91. The zero-order valence-electron chi connectivity index (χ0n) is 18.9. The third kappa shape index (κ3) is 4.88. The molecule has 0 atom stereocenters. The normalized spacial score (nSPS) is 11.4. The van der Waals surface area contributed by atoms with Crippen LogP contribution < -0.4 is 5.32 Å². The average molecular weight is 455 g/mol. The summed E-state index contributed by atoms with van der Waals surface area (Å²) < 4.78 is 1.75. The van der Waals surface area contributed by atoms with Gasteiger partial charge in [0.05, 0.1) is 11.4 Å². The van der Waals surface area contributed by atoms with Crippen LogP contribution in [0.1, 0.15) is 30.4 Å². The van der Waals surface area contributed by atoms with Gasteiger partial charge in [0.25, 0.3) is 5.91 Å². The molecule has 0 aliphatic heterocycles. The Morgan fingerprint density at radius 3 is 2.12 bits per heavy atom. The van der Waals surface area contributed by atoms with E-state index in [1.165, 1.54) is 0 Å². The number of carbonyl (C=O) groups excluding carboxylic acids is 2. The molecule has 2 amide bonds. The molecule has 7 heteroatoms. The predicted molar refractivity (Wildman–Crippen MR) is 131 cm³/mol. The molecule has 7 nitrogen and oxygen atoms in total. The number of benzene rings is 3. The maximum absolute atomic E-state index is 13.0. The fourth-order valence-electron chi connectivity index (χ4n) is 4.01. The number of aromatic hydroxyl groups is 1. The van der Waals surface area contributed by atoms with E-state index in [-0.39, 0.29) is 24.0 Å². The van der Waals surface area contributed by atoms with Crippen molar-refractivity contribution in [1.29, 1.82) is 0 Å². The Morgan fingerprint density at radius 1 is 0.912 bits per heavy atom. The van der Waals surface area contributed by atoms with Gasteiger partial charge in [0.15, 0.2) is 5.69 Å². The third-order valence-electron chi connectivity index (χ3n) is 5.57. The smallest absolute Gasteiger partial charge is 0.283 e. The van der Waals surface area contributed by atoms with Gasteiger partial charge in [-0.2, -0.15) is 0 Å². The van der Waals surface area contributed by atoms with E-state index in [4.69, 9.17) is 0 Å². The van der Waals surface area contributed by atoms with Gasteiger partial charge in [0.2, 0.25) is 11.8 Å². The van der Waals surface area contributed by atoms with Crippen molar-refractivity contribution in [1.82, 2.24) is 9.88 Å². The van der Waals surface area contributed by atoms with E-state index in [0.29, 0.717) is 11.9 Å². The molecule has 0 saturated carbocycles. The van der Waals surface area contributed by atoms with E-state index in [2.05, 4.69) is 15.5 Å². The standard InChI is InChI=1S/C27H26N4O3/c1-2-17-31-22-16-10-9-15-21(22)25(27(31)34)30-29-23(32)18-28-26(33)24(19-11-5-3-6-12-19)20-13-7-4-8-14-20/h3-16,24,34H,2,17-18H2,1H3,(H,28,33). The zero-order valence-corrected chi connectivity index (χ0v) is 18.9. The molecule has 2 N–H and O–H groups in total. The van der Waals surface area contributed by atoms with Crippen LogP contribution in [0.3, 0.4) is 0 Å². The highest BCUT2D eigenvalue weighted by molar-refractivity contribution is 5.95. The van der Waals surface area contributed by atoms with E-state index < -0.39 is 11.8 Å². The van der Waals surface area contributed by atoms with Crippen LogP contribution in [0, 0.1) is 0 Å². The number of amides is 2. The van der Waals surface area contributed by atoms with E-state index in [1.807, 2.05) is 91.9 Å². The van der Waals surface area contributed by atoms with Crippen molar-refractivity contribution in [3.8, 4) is 5.88 Å². The summed E-state index contributed by atoms with van der Waals surface area (Å²) in [5, 5.41) is 21.8. The molecule has 4 aromatic rings. The minimum absolute atomic E-state index is 0.0307. The van der Waals surface area contributed by atoms with Crippen LogP contribution in [0.2, 0.25) is 0 Å². The van der Waals surface area contributed by atoms with Crippen molar-refractivity contribution in [2.45, 2.75) is 25.8 Å². The van der Waals surface area contributed by atoms with Crippen LogP contribution in [0.15, 0.2) is 95.2 Å². The fraction of sp³-hybridized carbons (Fsp3) is 0.185. The van der Waals surface area contributed by atoms with Gasteiger partial charge in [0.1, 0.15) is 6.54 Å². The minimum Gasteiger partial charge on any atom is -0.493 e. The molecule has 0 saturated heterocycles. The van der Waals surface area contributed by atoms with Crippen molar-refractivity contribution < 1.29 is 14.7 Å². The largest absolute Gasteiger partial charge is 0.493 e. The van der Waals surface area contributed by atoms with E-state index in [1.54, 1.807) is 4.57 Å². The molecule has 1 heterocycles. The summed E-state index contributed by atoms with van der Waals surface area (Å²) in [6.07, 6.45) is 0.831. The van der Waals surface area contributed by atoms with Crippen molar-refractivity contribution in [3.63, 3.8) is 0 Å². The lowest BCUT2D eigenvalue weighted by Crippen LogP contribution is -2.33. The molecule has 0 aliphatic rings. The van der Waals surface area contributed by atoms with Crippen LogP contribution in [0.4, 0.5) is 5.69 Å².